The van der Waals surface area contributed by atoms with E-state index < -0.39 is 6.10 Å². The first-order valence-electron chi connectivity index (χ1n) is 10.5. The molecule has 0 bridgehead atoms. The van der Waals surface area contributed by atoms with Gasteiger partial charge in [-0.05, 0) is 44.1 Å². The van der Waals surface area contributed by atoms with Crippen LogP contribution in [-0.2, 0) is 20.1 Å². The number of hydrogen-bond donors (Lipinski definition) is 1. The van der Waals surface area contributed by atoms with Crippen LogP contribution in [0.1, 0.15) is 69.8 Å². The van der Waals surface area contributed by atoms with Gasteiger partial charge in [0.15, 0.2) is 6.10 Å². The van der Waals surface area contributed by atoms with Gasteiger partial charge in [-0.1, -0.05) is 25.0 Å². The number of fused-ring (bicyclic) bond motifs is 1. The molecule has 6 heteroatoms. The maximum Gasteiger partial charge on any atom is 0.155 e. The van der Waals surface area contributed by atoms with Gasteiger partial charge in [0.2, 0.25) is 0 Å². The van der Waals surface area contributed by atoms with Crippen molar-refractivity contribution in [2.45, 2.75) is 65.6 Å². The number of aliphatic hydroxyl groups is 1. The zero-order valence-corrected chi connectivity index (χ0v) is 17.6. The van der Waals surface area contributed by atoms with Gasteiger partial charge in [0, 0.05) is 39.1 Å². The van der Waals surface area contributed by atoms with Gasteiger partial charge in [0.05, 0.1) is 17.9 Å². The number of rotatable bonds is 5. The van der Waals surface area contributed by atoms with Crippen LogP contribution in [-0.4, -0.2) is 42.4 Å². The fourth-order valence-electron chi connectivity index (χ4n) is 4.94. The Hall–Kier alpha value is -1.92. The molecule has 0 saturated heterocycles. The minimum absolute atomic E-state index is 0.346. The van der Waals surface area contributed by atoms with Crippen LogP contribution in [0.15, 0.2) is 29.6 Å². The van der Waals surface area contributed by atoms with E-state index in [1.165, 1.54) is 25.0 Å². The highest BCUT2D eigenvalue weighted by molar-refractivity contribution is 5.23. The van der Waals surface area contributed by atoms with Crippen LogP contribution in [0.2, 0.25) is 0 Å². The second kappa shape index (κ2) is 7.48. The molecule has 2 aromatic heterocycles. The zero-order chi connectivity index (χ0) is 19.9. The first kappa shape index (κ1) is 19.4. The minimum atomic E-state index is -0.776. The van der Waals surface area contributed by atoms with Crippen LogP contribution in [0.25, 0.3) is 0 Å². The second-order valence-corrected chi connectivity index (χ2v) is 9.11. The van der Waals surface area contributed by atoms with Crippen LogP contribution < -0.4 is 0 Å². The number of nitrogens with zero attached hydrogens (tertiary/aromatic N) is 5. The van der Waals surface area contributed by atoms with Crippen molar-refractivity contribution < 1.29 is 5.11 Å². The zero-order valence-electron chi connectivity index (χ0n) is 17.6. The predicted octanol–water partition coefficient (Wildman–Crippen LogP) is 3.43. The summed E-state index contributed by atoms with van der Waals surface area (Å²) in [6.07, 6.45) is 7.84. The predicted molar refractivity (Wildman–Crippen MR) is 110 cm³/mol. The van der Waals surface area contributed by atoms with Crippen molar-refractivity contribution in [2.75, 3.05) is 13.1 Å². The van der Waals surface area contributed by atoms with E-state index in [0.29, 0.717) is 16.9 Å². The highest BCUT2D eigenvalue weighted by Gasteiger charge is 2.29. The van der Waals surface area contributed by atoms with Gasteiger partial charge in [-0.25, -0.2) is 4.98 Å². The van der Waals surface area contributed by atoms with Crippen LogP contribution in [0.5, 0.6) is 0 Å². The van der Waals surface area contributed by atoms with Crippen LogP contribution in [0.4, 0.5) is 0 Å². The molecule has 0 radical (unpaired) electrons. The molecule has 0 aromatic carbocycles. The molecule has 2 aliphatic rings. The van der Waals surface area contributed by atoms with Crippen molar-refractivity contribution in [1.82, 2.24) is 24.2 Å². The van der Waals surface area contributed by atoms with Crippen molar-refractivity contribution in [3.63, 3.8) is 0 Å². The van der Waals surface area contributed by atoms with Crippen molar-refractivity contribution in [3.8, 4) is 0 Å². The summed E-state index contributed by atoms with van der Waals surface area (Å²) >= 11 is 0. The van der Waals surface area contributed by atoms with E-state index in [-0.39, 0.29) is 0 Å². The Morgan fingerprint density at radius 2 is 2.11 bits per heavy atom. The minimum Gasteiger partial charge on any atom is -0.379 e. The van der Waals surface area contributed by atoms with E-state index >= 15 is 0 Å². The summed E-state index contributed by atoms with van der Waals surface area (Å²) in [7, 11) is 1.90. The number of aromatic nitrogens is 4. The lowest BCUT2D eigenvalue weighted by atomic mass is 9.71. The third kappa shape index (κ3) is 3.67. The summed E-state index contributed by atoms with van der Waals surface area (Å²) < 4.78 is 3.89. The molecule has 3 heterocycles. The molecule has 0 unspecified atom stereocenters. The molecule has 1 aliphatic carbocycles. The third-order valence-electron chi connectivity index (χ3n) is 6.64. The maximum absolute atomic E-state index is 10.7. The van der Waals surface area contributed by atoms with E-state index in [2.05, 4.69) is 35.8 Å². The molecular formula is C22H33N5O. The van der Waals surface area contributed by atoms with E-state index in [9.17, 15) is 5.11 Å². The Bertz CT molecular complexity index is 875. The SMILES string of the molecule is CC1=C(CCN2CCn3nc([C@@H](O)c4nccn4C)cc3C2)C(C)(C)CCC1. The highest BCUT2D eigenvalue weighted by atomic mass is 16.3. The molecule has 1 atom stereocenters. The van der Waals surface area contributed by atoms with Gasteiger partial charge in [-0.2, -0.15) is 5.10 Å². The molecule has 0 spiro atoms. The normalized spacial score (nSPS) is 21.0. The smallest absolute Gasteiger partial charge is 0.155 e. The second-order valence-electron chi connectivity index (χ2n) is 9.11. The molecule has 152 valence electrons. The van der Waals surface area contributed by atoms with E-state index in [1.807, 2.05) is 28.6 Å². The number of imidazole rings is 1. The van der Waals surface area contributed by atoms with Crippen molar-refractivity contribution in [2.24, 2.45) is 12.5 Å². The lowest BCUT2D eigenvalue weighted by Crippen LogP contribution is -2.35. The van der Waals surface area contributed by atoms with Crippen LogP contribution >= 0.6 is 0 Å². The first-order valence-corrected chi connectivity index (χ1v) is 10.5. The summed E-state index contributed by atoms with van der Waals surface area (Å²) in [4.78, 5) is 6.79. The molecule has 1 N–H and O–H groups in total. The summed E-state index contributed by atoms with van der Waals surface area (Å²) in [6, 6.07) is 2.04. The molecule has 6 nitrogen and oxygen atoms in total. The Labute approximate surface area is 167 Å². The Morgan fingerprint density at radius 1 is 1.29 bits per heavy atom. The molecule has 1 aliphatic heterocycles. The summed E-state index contributed by atoms with van der Waals surface area (Å²) in [5, 5.41) is 15.3. The topological polar surface area (TPSA) is 59.1 Å². The number of aryl methyl sites for hydroxylation is 1. The quantitative estimate of drug-likeness (QED) is 0.804. The van der Waals surface area contributed by atoms with Crippen molar-refractivity contribution in [1.29, 1.82) is 0 Å². The van der Waals surface area contributed by atoms with Crippen molar-refractivity contribution >= 4 is 0 Å². The standard InChI is InChI=1S/C22H33N5O/c1-16-6-5-8-22(2,3)18(16)7-10-26-12-13-27-17(15-26)14-19(24-27)20(28)21-23-9-11-25(21)4/h9,11,14,20,28H,5-8,10,12-13,15H2,1-4H3/t20-/m1/s1. The van der Waals surface area contributed by atoms with E-state index in [1.54, 1.807) is 17.3 Å². The molecule has 2 aromatic rings. The Morgan fingerprint density at radius 3 is 2.82 bits per heavy atom. The van der Waals surface area contributed by atoms with Gasteiger partial charge < -0.3 is 9.67 Å². The molecule has 0 fully saturated rings. The van der Waals surface area contributed by atoms with Gasteiger partial charge in [-0.3, -0.25) is 9.58 Å². The maximum atomic E-state index is 10.7. The monoisotopic (exact) mass is 383 g/mol. The van der Waals surface area contributed by atoms with Crippen molar-refractivity contribution in [3.05, 3.63) is 46.8 Å². The highest BCUT2D eigenvalue weighted by Crippen LogP contribution is 2.41. The fourth-order valence-corrected chi connectivity index (χ4v) is 4.94. The average Bonchev–Trinajstić information content (AvgIpc) is 3.25. The molecule has 4 rings (SSSR count). The number of aliphatic hydroxyl groups excluding tert-OH is 1. The van der Waals surface area contributed by atoms with Gasteiger partial charge >= 0.3 is 0 Å². The Balaban J connectivity index is 1.43. The molecule has 0 saturated carbocycles. The largest absolute Gasteiger partial charge is 0.379 e. The lowest BCUT2D eigenvalue weighted by Gasteiger charge is -2.36. The molecular weight excluding hydrogens is 350 g/mol. The third-order valence-corrected chi connectivity index (χ3v) is 6.64. The summed E-state index contributed by atoms with van der Waals surface area (Å²) in [5.41, 5.74) is 5.50. The van der Waals surface area contributed by atoms with Gasteiger partial charge in [-0.15, -0.1) is 0 Å². The average molecular weight is 384 g/mol. The number of hydrogen-bond acceptors (Lipinski definition) is 4. The van der Waals surface area contributed by atoms with E-state index in [0.717, 1.165) is 32.6 Å². The van der Waals surface area contributed by atoms with Gasteiger partial charge in [0.1, 0.15) is 5.82 Å². The Kier molecular flexibility index (Phi) is 5.19. The van der Waals surface area contributed by atoms with Crippen LogP contribution in [0.3, 0.4) is 0 Å². The van der Waals surface area contributed by atoms with Crippen LogP contribution in [0, 0.1) is 5.41 Å². The lowest BCUT2D eigenvalue weighted by molar-refractivity contribution is 0.195. The first-order chi connectivity index (χ1) is 13.3. The van der Waals surface area contributed by atoms with E-state index in [4.69, 9.17) is 0 Å². The van der Waals surface area contributed by atoms with Gasteiger partial charge in [0.25, 0.3) is 0 Å². The number of allylic oxidation sites excluding steroid dienone is 1. The fraction of sp³-hybridized carbons (Fsp3) is 0.636. The summed E-state index contributed by atoms with van der Waals surface area (Å²) in [5.74, 6) is 0.634. The molecule has 0 amide bonds. The summed E-state index contributed by atoms with van der Waals surface area (Å²) in [6.45, 7) is 11.0. The molecule has 28 heavy (non-hydrogen) atoms.